The van der Waals surface area contributed by atoms with Crippen molar-refractivity contribution in [3.8, 4) is 0 Å². The maximum Gasteiger partial charge on any atom is 0.420 e. The van der Waals surface area contributed by atoms with E-state index >= 15 is 0 Å². The van der Waals surface area contributed by atoms with Crippen molar-refractivity contribution in [1.82, 2.24) is 4.98 Å². The largest absolute Gasteiger partial charge is 0.420 e. The van der Waals surface area contributed by atoms with Crippen LogP contribution < -0.4 is 11.1 Å². The Kier molecular flexibility index (Phi) is 3.66. The van der Waals surface area contributed by atoms with E-state index in [2.05, 4.69) is 26.2 Å². The number of pyridine rings is 1. The summed E-state index contributed by atoms with van der Waals surface area (Å²) in [6.07, 6.45) is -3.18. The summed E-state index contributed by atoms with van der Waals surface area (Å²) in [6, 6.07) is 7.33. The standard InChI is InChI=1S/C12H9BrF3N3/c13-7-5-10(12(14,15)16)11(18-6-7)19-9-3-1-8(17)2-4-9/h1-6H,17H2,(H,18,19). The van der Waals surface area contributed by atoms with Crippen LogP contribution in [0.2, 0.25) is 0 Å². The molecule has 3 N–H and O–H groups in total. The second-order valence-corrected chi connectivity index (χ2v) is 4.71. The Morgan fingerprint density at radius 2 is 1.79 bits per heavy atom. The minimum Gasteiger partial charge on any atom is -0.399 e. The molecule has 0 aliphatic carbocycles. The monoisotopic (exact) mass is 331 g/mol. The number of anilines is 3. The maximum absolute atomic E-state index is 12.9. The molecule has 19 heavy (non-hydrogen) atoms. The van der Waals surface area contributed by atoms with Crippen LogP contribution in [-0.4, -0.2) is 4.98 Å². The van der Waals surface area contributed by atoms with E-state index < -0.39 is 11.7 Å². The average molecular weight is 332 g/mol. The summed E-state index contributed by atoms with van der Waals surface area (Å²) in [6.45, 7) is 0. The van der Waals surface area contributed by atoms with Crippen LogP contribution in [0.25, 0.3) is 0 Å². The zero-order valence-corrected chi connectivity index (χ0v) is 11.1. The summed E-state index contributed by atoms with van der Waals surface area (Å²) in [7, 11) is 0. The molecule has 2 aromatic rings. The molecule has 2 rings (SSSR count). The Balaban J connectivity index is 2.37. The van der Waals surface area contributed by atoms with Crippen LogP contribution in [0.1, 0.15) is 5.56 Å². The molecular weight excluding hydrogens is 323 g/mol. The van der Waals surface area contributed by atoms with E-state index in [1.165, 1.54) is 6.20 Å². The Morgan fingerprint density at radius 3 is 2.37 bits per heavy atom. The molecule has 3 nitrogen and oxygen atoms in total. The SMILES string of the molecule is Nc1ccc(Nc2ncc(Br)cc2C(F)(F)F)cc1. The van der Waals surface area contributed by atoms with E-state index in [0.29, 0.717) is 11.4 Å². The predicted molar refractivity (Wildman–Crippen MR) is 71.1 cm³/mol. The molecule has 0 bridgehead atoms. The number of hydrogen-bond acceptors (Lipinski definition) is 3. The lowest BCUT2D eigenvalue weighted by Gasteiger charge is -2.14. The van der Waals surface area contributed by atoms with E-state index in [9.17, 15) is 13.2 Å². The Labute approximate surface area is 115 Å². The van der Waals surface area contributed by atoms with Crippen molar-refractivity contribution in [2.75, 3.05) is 11.1 Å². The summed E-state index contributed by atoms with van der Waals surface area (Å²) in [5.74, 6) is -0.250. The van der Waals surface area contributed by atoms with Gasteiger partial charge in [0.1, 0.15) is 5.82 Å². The van der Waals surface area contributed by atoms with Crippen molar-refractivity contribution >= 4 is 33.1 Å². The third kappa shape index (κ3) is 3.37. The van der Waals surface area contributed by atoms with Gasteiger partial charge in [0.15, 0.2) is 0 Å². The van der Waals surface area contributed by atoms with E-state index in [0.717, 1.165) is 6.07 Å². The van der Waals surface area contributed by atoms with Crippen LogP contribution in [0.5, 0.6) is 0 Å². The quantitative estimate of drug-likeness (QED) is 0.811. The van der Waals surface area contributed by atoms with Gasteiger partial charge in [0, 0.05) is 22.0 Å². The molecule has 0 radical (unpaired) electrons. The molecule has 0 unspecified atom stereocenters. The van der Waals surface area contributed by atoms with Crippen LogP contribution in [-0.2, 0) is 6.18 Å². The van der Waals surface area contributed by atoms with Crippen molar-refractivity contribution < 1.29 is 13.2 Å². The molecule has 0 amide bonds. The van der Waals surface area contributed by atoms with Gasteiger partial charge in [-0.3, -0.25) is 0 Å². The number of benzene rings is 1. The van der Waals surface area contributed by atoms with Gasteiger partial charge in [-0.05, 0) is 46.3 Å². The number of halogens is 4. The summed E-state index contributed by atoms with van der Waals surface area (Å²) in [5, 5.41) is 2.63. The van der Waals surface area contributed by atoms with Crippen LogP contribution in [0.15, 0.2) is 41.0 Å². The van der Waals surface area contributed by atoms with Gasteiger partial charge in [0.25, 0.3) is 0 Å². The normalized spacial score (nSPS) is 11.4. The highest BCUT2D eigenvalue weighted by atomic mass is 79.9. The summed E-state index contributed by atoms with van der Waals surface area (Å²) < 4.78 is 38.9. The van der Waals surface area contributed by atoms with Gasteiger partial charge in [-0.2, -0.15) is 13.2 Å². The van der Waals surface area contributed by atoms with Gasteiger partial charge in [-0.1, -0.05) is 0 Å². The number of aromatic nitrogens is 1. The molecule has 0 saturated heterocycles. The van der Waals surface area contributed by atoms with Crippen molar-refractivity contribution in [1.29, 1.82) is 0 Å². The zero-order valence-electron chi connectivity index (χ0n) is 9.50. The molecule has 7 heteroatoms. The van der Waals surface area contributed by atoms with Crippen molar-refractivity contribution in [2.24, 2.45) is 0 Å². The van der Waals surface area contributed by atoms with Gasteiger partial charge < -0.3 is 11.1 Å². The first-order valence-corrected chi connectivity index (χ1v) is 6.01. The fourth-order valence-corrected chi connectivity index (χ4v) is 1.79. The lowest BCUT2D eigenvalue weighted by molar-refractivity contribution is -0.137. The van der Waals surface area contributed by atoms with E-state index in [4.69, 9.17) is 5.73 Å². The second-order valence-electron chi connectivity index (χ2n) is 3.79. The topological polar surface area (TPSA) is 50.9 Å². The first-order chi connectivity index (χ1) is 8.86. The van der Waals surface area contributed by atoms with Gasteiger partial charge in [-0.25, -0.2) is 4.98 Å². The molecule has 1 heterocycles. The Bertz CT molecular complexity index is 582. The van der Waals surface area contributed by atoms with Gasteiger partial charge >= 0.3 is 6.18 Å². The molecule has 0 aliphatic rings. The lowest BCUT2D eigenvalue weighted by atomic mass is 10.2. The van der Waals surface area contributed by atoms with Gasteiger partial charge in [-0.15, -0.1) is 0 Å². The highest BCUT2D eigenvalue weighted by molar-refractivity contribution is 9.10. The predicted octanol–water partition coefficient (Wildman–Crippen LogP) is 4.19. The number of rotatable bonds is 2. The van der Waals surface area contributed by atoms with Crippen LogP contribution in [0.4, 0.5) is 30.4 Å². The highest BCUT2D eigenvalue weighted by Gasteiger charge is 2.34. The molecule has 0 spiro atoms. The van der Waals surface area contributed by atoms with Gasteiger partial charge in [0.05, 0.1) is 5.56 Å². The van der Waals surface area contributed by atoms with E-state index in [1.54, 1.807) is 24.3 Å². The average Bonchev–Trinajstić information content (AvgIpc) is 2.33. The molecule has 0 atom stereocenters. The van der Waals surface area contributed by atoms with E-state index in [-0.39, 0.29) is 10.3 Å². The number of nitrogens with one attached hydrogen (secondary N) is 1. The molecule has 1 aromatic heterocycles. The minimum absolute atomic E-state index is 0.250. The molecule has 0 aliphatic heterocycles. The summed E-state index contributed by atoms with van der Waals surface area (Å²) in [5.41, 5.74) is 5.69. The number of hydrogen-bond donors (Lipinski definition) is 2. The third-order valence-electron chi connectivity index (χ3n) is 2.33. The second kappa shape index (κ2) is 5.08. The van der Waals surface area contributed by atoms with E-state index in [1.807, 2.05) is 0 Å². The maximum atomic E-state index is 12.9. The molecule has 0 fully saturated rings. The molecular formula is C12H9BrF3N3. The summed E-state index contributed by atoms with van der Waals surface area (Å²) >= 11 is 2.98. The smallest absolute Gasteiger partial charge is 0.399 e. The van der Waals surface area contributed by atoms with Crippen LogP contribution in [0.3, 0.4) is 0 Å². The Hall–Kier alpha value is -1.76. The fraction of sp³-hybridized carbons (Fsp3) is 0.0833. The van der Waals surface area contributed by atoms with Crippen LogP contribution >= 0.6 is 15.9 Å². The minimum atomic E-state index is -4.48. The van der Waals surface area contributed by atoms with Crippen molar-refractivity contribution in [3.05, 3.63) is 46.6 Å². The zero-order chi connectivity index (χ0) is 14.0. The molecule has 1 aromatic carbocycles. The molecule has 100 valence electrons. The molecule has 0 saturated carbocycles. The number of nitrogen functional groups attached to an aromatic ring is 1. The van der Waals surface area contributed by atoms with Gasteiger partial charge in [0.2, 0.25) is 0 Å². The number of alkyl halides is 3. The van der Waals surface area contributed by atoms with Crippen molar-refractivity contribution in [3.63, 3.8) is 0 Å². The number of nitrogens with two attached hydrogens (primary N) is 1. The highest BCUT2D eigenvalue weighted by Crippen LogP contribution is 2.36. The first kappa shape index (κ1) is 13.7. The fourth-order valence-electron chi connectivity index (χ4n) is 1.46. The number of nitrogens with zero attached hydrogens (tertiary/aromatic N) is 1. The Morgan fingerprint density at radius 1 is 1.16 bits per heavy atom. The van der Waals surface area contributed by atoms with Crippen molar-refractivity contribution in [2.45, 2.75) is 6.18 Å². The lowest BCUT2D eigenvalue weighted by Crippen LogP contribution is -2.10. The summed E-state index contributed by atoms with van der Waals surface area (Å²) in [4.78, 5) is 3.75. The third-order valence-corrected chi connectivity index (χ3v) is 2.77. The van der Waals surface area contributed by atoms with Crippen LogP contribution in [0, 0.1) is 0 Å². The first-order valence-electron chi connectivity index (χ1n) is 5.21.